The van der Waals surface area contributed by atoms with Crippen molar-refractivity contribution in [2.24, 2.45) is 0 Å². The van der Waals surface area contributed by atoms with Gasteiger partial charge in [-0.25, -0.2) is 4.39 Å². The zero-order valence-electron chi connectivity index (χ0n) is 9.75. The van der Waals surface area contributed by atoms with Crippen molar-refractivity contribution in [1.82, 2.24) is 10.1 Å². The van der Waals surface area contributed by atoms with E-state index in [-0.39, 0.29) is 11.6 Å². The average Bonchev–Trinajstić information content (AvgIpc) is 2.89. The summed E-state index contributed by atoms with van der Waals surface area (Å²) < 4.78 is 17.9. The molecule has 5 heteroatoms. The molecule has 0 aliphatic carbocycles. The lowest BCUT2D eigenvalue weighted by atomic mass is 10.2. The molecule has 0 fully saturated rings. The fourth-order valence-electron chi connectivity index (χ4n) is 1.70. The van der Waals surface area contributed by atoms with Crippen molar-refractivity contribution in [3.05, 3.63) is 54.3 Å². The van der Waals surface area contributed by atoms with Gasteiger partial charge in [-0.05, 0) is 36.4 Å². The molecule has 4 nitrogen and oxygen atoms in total. The lowest BCUT2D eigenvalue weighted by Crippen LogP contribution is -1.81. The first-order chi connectivity index (χ1) is 9.22. The SMILES string of the molecule is Oc1cccc(-c2noc(-c3ccc(F)cc3)n2)c1. The van der Waals surface area contributed by atoms with Gasteiger partial charge in [0.1, 0.15) is 11.6 Å². The van der Waals surface area contributed by atoms with Gasteiger partial charge in [0.15, 0.2) is 0 Å². The van der Waals surface area contributed by atoms with E-state index in [4.69, 9.17) is 4.52 Å². The molecule has 3 rings (SSSR count). The Morgan fingerprint density at radius 1 is 1.00 bits per heavy atom. The van der Waals surface area contributed by atoms with Crippen molar-refractivity contribution in [1.29, 1.82) is 0 Å². The first-order valence-electron chi connectivity index (χ1n) is 5.61. The standard InChI is InChI=1S/C14H9FN2O2/c15-11-6-4-9(5-7-11)14-16-13(17-19-14)10-2-1-3-12(18)8-10/h1-8,18H. The molecule has 2 aromatic carbocycles. The van der Waals surface area contributed by atoms with Gasteiger partial charge in [-0.3, -0.25) is 0 Å². The second-order valence-corrected chi connectivity index (χ2v) is 3.98. The number of aromatic hydroxyl groups is 1. The highest BCUT2D eigenvalue weighted by Crippen LogP contribution is 2.24. The number of hydrogen-bond donors (Lipinski definition) is 1. The van der Waals surface area contributed by atoms with Crippen LogP contribution >= 0.6 is 0 Å². The van der Waals surface area contributed by atoms with Gasteiger partial charge in [-0.1, -0.05) is 17.3 Å². The summed E-state index contributed by atoms with van der Waals surface area (Å²) in [4.78, 5) is 4.21. The van der Waals surface area contributed by atoms with Crippen LogP contribution in [0.5, 0.6) is 5.75 Å². The minimum atomic E-state index is -0.323. The Hall–Kier alpha value is -2.69. The molecule has 0 bridgehead atoms. The molecule has 19 heavy (non-hydrogen) atoms. The van der Waals surface area contributed by atoms with Crippen LogP contribution in [-0.4, -0.2) is 15.2 Å². The van der Waals surface area contributed by atoms with Crippen molar-refractivity contribution >= 4 is 0 Å². The molecule has 0 atom stereocenters. The summed E-state index contributed by atoms with van der Waals surface area (Å²) in [6.07, 6.45) is 0. The molecule has 1 heterocycles. The van der Waals surface area contributed by atoms with Crippen LogP contribution < -0.4 is 0 Å². The summed E-state index contributed by atoms with van der Waals surface area (Å²) >= 11 is 0. The summed E-state index contributed by atoms with van der Waals surface area (Å²) in [6.45, 7) is 0. The number of aromatic nitrogens is 2. The van der Waals surface area contributed by atoms with E-state index in [0.717, 1.165) is 0 Å². The molecule has 0 aliphatic heterocycles. The molecule has 94 valence electrons. The van der Waals surface area contributed by atoms with Crippen LogP contribution in [0.15, 0.2) is 53.1 Å². The molecule has 0 unspecified atom stereocenters. The largest absolute Gasteiger partial charge is 0.508 e. The molecule has 0 amide bonds. The summed E-state index contributed by atoms with van der Waals surface area (Å²) in [5.74, 6) is 0.482. The third kappa shape index (κ3) is 2.30. The van der Waals surface area contributed by atoms with E-state index in [2.05, 4.69) is 10.1 Å². The number of phenolic OH excluding ortho intramolecular Hbond substituents is 1. The summed E-state index contributed by atoms with van der Waals surface area (Å²) in [7, 11) is 0. The Morgan fingerprint density at radius 3 is 2.53 bits per heavy atom. The van der Waals surface area contributed by atoms with E-state index < -0.39 is 0 Å². The summed E-state index contributed by atoms with van der Waals surface area (Å²) in [5.41, 5.74) is 1.29. The topological polar surface area (TPSA) is 59.2 Å². The van der Waals surface area contributed by atoms with Crippen LogP contribution in [0.2, 0.25) is 0 Å². The van der Waals surface area contributed by atoms with Crippen molar-refractivity contribution in [3.63, 3.8) is 0 Å². The van der Waals surface area contributed by atoms with Gasteiger partial charge in [-0.2, -0.15) is 4.98 Å². The van der Waals surface area contributed by atoms with Crippen LogP contribution in [0, 0.1) is 5.82 Å². The Morgan fingerprint density at radius 2 is 1.79 bits per heavy atom. The summed E-state index contributed by atoms with van der Waals surface area (Å²) in [5, 5.41) is 13.2. The zero-order chi connectivity index (χ0) is 13.2. The van der Waals surface area contributed by atoms with Crippen LogP contribution in [0.4, 0.5) is 4.39 Å². The van der Waals surface area contributed by atoms with Crippen LogP contribution in [-0.2, 0) is 0 Å². The van der Waals surface area contributed by atoms with Crippen LogP contribution in [0.25, 0.3) is 22.8 Å². The molecule has 0 saturated carbocycles. The van der Waals surface area contributed by atoms with Crippen LogP contribution in [0.1, 0.15) is 0 Å². The lowest BCUT2D eigenvalue weighted by molar-refractivity contribution is 0.432. The minimum Gasteiger partial charge on any atom is -0.508 e. The van der Waals surface area contributed by atoms with E-state index in [1.165, 1.54) is 12.1 Å². The first kappa shape index (κ1) is 11.4. The number of benzene rings is 2. The second-order valence-electron chi connectivity index (χ2n) is 3.98. The van der Waals surface area contributed by atoms with Gasteiger partial charge >= 0.3 is 0 Å². The highest BCUT2D eigenvalue weighted by Gasteiger charge is 2.10. The number of hydrogen-bond acceptors (Lipinski definition) is 4. The van der Waals surface area contributed by atoms with E-state index in [0.29, 0.717) is 22.8 Å². The second kappa shape index (κ2) is 4.53. The minimum absolute atomic E-state index is 0.130. The van der Waals surface area contributed by atoms with Gasteiger partial charge in [0.25, 0.3) is 5.89 Å². The van der Waals surface area contributed by atoms with E-state index in [9.17, 15) is 9.50 Å². The van der Waals surface area contributed by atoms with Gasteiger partial charge in [0.2, 0.25) is 5.82 Å². The molecule has 1 aromatic heterocycles. The molecule has 0 spiro atoms. The maximum absolute atomic E-state index is 12.8. The smallest absolute Gasteiger partial charge is 0.258 e. The third-order valence-corrected chi connectivity index (χ3v) is 2.62. The van der Waals surface area contributed by atoms with Gasteiger partial charge in [0, 0.05) is 11.1 Å². The van der Waals surface area contributed by atoms with Gasteiger partial charge < -0.3 is 9.63 Å². The zero-order valence-corrected chi connectivity index (χ0v) is 9.75. The molecule has 3 aromatic rings. The highest BCUT2D eigenvalue weighted by molar-refractivity contribution is 5.60. The highest BCUT2D eigenvalue weighted by atomic mass is 19.1. The first-order valence-corrected chi connectivity index (χ1v) is 5.61. The molecule has 0 aliphatic rings. The molecule has 0 radical (unpaired) electrons. The van der Waals surface area contributed by atoms with Gasteiger partial charge in [0.05, 0.1) is 0 Å². The molecule has 0 saturated heterocycles. The molecule has 1 N–H and O–H groups in total. The predicted molar refractivity (Wildman–Crippen MR) is 66.8 cm³/mol. The normalized spacial score (nSPS) is 10.6. The fraction of sp³-hybridized carbons (Fsp3) is 0. The lowest BCUT2D eigenvalue weighted by Gasteiger charge is -1.94. The average molecular weight is 256 g/mol. The van der Waals surface area contributed by atoms with Crippen molar-refractivity contribution < 1.29 is 14.0 Å². The van der Waals surface area contributed by atoms with E-state index in [1.54, 1.807) is 36.4 Å². The molecular formula is C14H9FN2O2. The van der Waals surface area contributed by atoms with E-state index >= 15 is 0 Å². The number of rotatable bonds is 2. The van der Waals surface area contributed by atoms with Crippen molar-refractivity contribution in [3.8, 4) is 28.6 Å². The van der Waals surface area contributed by atoms with Crippen molar-refractivity contribution in [2.75, 3.05) is 0 Å². The third-order valence-electron chi connectivity index (χ3n) is 2.62. The van der Waals surface area contributed by atoms with E-state index in [1.807, 2.05) is 0 Å². The number of phenols is 1. The fourth-order valence-corrected chi connectivity index (χ4v) is 1.70. The van der Waals surface area contributed by atoms with Crippen LogP contribution in [0.3, 0.4) is 0 Å². The maximum Gasteiger partial charge on any atom is 0.258 e. The monoisotopic (exact) mass is 256 g/mol. The summed E-state index contributed by atoms with van der Waals surface area (Å²) in [6, 6.07) is 12.3. The molecular weight excluding hydrogens is 247 g/mol. The van der Waals surface area contributed by atoms with Gasteiger partial charge in [-0.15, -0.1) is 0 Å². The number of nitrogens with zero attached hydrogens (tertiary/aromatic N) is 2. The number of halogens is 1. The Kier molecular flexibility index (Phi) is 2.72. The quantitative estimate of drug-likeness (QED) is 0.764. The maximum atomic E-state index is 12.8. The Bertz CT molecular complexity index is 707. The Balaban J connectivity index is 1.97. The Labute approximate surface area is 108 Å². The van der Waals surface area contributed by atoms with Crippen molar-refractivity contribution in [2.45, 2.75) is 0 Å². The predicted octanol–water partition coefficient (Wildman–Crippen LogP) is 3.25.